The number of alkyl halides is 6. The van der Waals surface area contributed by atoms with E-state index in [2.05, 4.69) is 15.0 Å². The smallest absolute Gasteiger partial charge is 0.216 e. The van der Waals surface area contributed by atoms with Crippen molar-refractivity contribution >= 4 is 93.9 Å². The molecule has 0 saturated heterocycles. The summed E-state index contributed by atoms with van der Waals surface area (Å²) < 4.78 is 7.53. The molecule has 34 heavy (non-hydrogen) atoms. The molecule has 3 aromatic rings. The Kier molecular flexibility index (Phi) is 8.96. The van der Waals surface area contributed by atoms with Gasteiger partial charge in [0.1, 0.15) is 17.8 Å². The third-order valence-electron chi connectivity index (χ3n) is 4.59. The Hall–Kier alpha value is -1.73. The van der Waals surface area contributed by atoms with Crippen LogP contribution in [0.5, 0.6) is 11.5 Å². The van der Waals surface area contributed by atoms with Gasteiger partial charge in [0.15, 0.2) is 11.6 Å². The van der Waals surface area contributed by atoms with Crippen LogP contribution >= 0.6 is 69.6 Å². The van der Waals surface area contributed by atoms with E-state index in [1.54, 1.807) is 60.7 Å². The molecule has 0 atom stereocenters. The highest BCUT2D eigenvalue weighted by molar-refractivity contribution is 6.67. The first-order chi connectivity index (χ1) is 16.0. The second kappa shape index (κ2) is 11.3. The van der Waals surface area contributed by atoms with Crippen molar-refractivity contribution in [3.05, 3.63) is 76.6 Å². The number of aromatic nitrogens is 3. The van der Waals surface area contributed by atoms with E-state index in [4.69, 9.17) is 79.1 Å². The van der Waals surface area contributed by atoms with E-state index in [-0.39, 0.29) is 0 Å². The summed E-state index contributed by atoms with van der Waals surface area (Å²) in [7, 11) is 3.06. The Balaban J connectivity index is 1.96. The van der Waals surface area contributed by atoms with E-state index in [1.807, 2.05) is 0 Å². The molecule has 0 amide bonds. The Morgan fingerprint density at radius 2 is 1.06 bits per heavy atom. The first-order valence-electron chi connectivity index (χ1n) is 9.58. The van der Waals surface area contributed by atoms with Crippen LogP contribution in [-0.4, -0.2) is 29.2 Å². The molecule has 0 aliphatic heterocycles. The van der Waals surface area contributed by atoms with Crippen LogP contribution in [0.1, 0.15) is 33.9 Å². The zero-order chi connectivity index (χ0) is 24.9. The van der Waals surface area contributed by atoms with E-state index in [1.165, 1.54) is 20.5 Å². The van der Waals surface area contributed by atoms with Gasteiger partial charge < -0.3 is 9.47 Å². The summed E-state index contributed by atoms with van der Waals surface area (Å²) in [5.41, 5.74) is 2.09. The molecule has 1 heterocycles. The first-order valence-corrected chi connectivity index (χ1v) is 11.8. The second-order valence-electron chi connectivity index (χ2n) is 6.71. The second-order valence-corrected chi connectivity index (χ2v) is 11.3. The molecular formula is C23H17Cl6N3O2. The van der Waals surface area contributed by atoms with Gasteiger partial charge in [0.05, 0.1) is 14.2 Å². The van der Waals surface area contributed by atoms with Gasteiger partial charge in [-0.2, -0.15) is 0 Å². The van der Waals surface area contributed by atoms with E-state index in [9.17, 15) is 0 Å². The Labute approximate surface area is 227 Å². The predicted molar refractivity (Wildman–Crippen MR) is 142 cm³/mol. The van der Waals surface area contributed by atoms with Gasteiger partial charge in [-0.3, -0.25) is 0 Å². The molecule has 0 saturated carbocycles. The van der Waals surface area contributed by atoms with Crippen LogP contribution in [0.15, 0.2) is 42.7 Å². The highest BCUT2D eigenvalue weighted by Gasteiger charge is 2.28. The Bertz CT molecular complexity index is 1130. The van der Waals surface area contributed by atoms with Crippen molar-refractivity contribution in [2.24, 2.45) is 0 Å². The van der Waals surface area contributed by atoms with Crippen molar-refractivity contribution in [3.8, 4) is 11.5 Å². The molecule has 0 fully saturated rings. The average molecular weight is 580 g/mol. The average Bonchev–Trinajstić information content (AvgIpc) is 2.80. The van der Waals surface area contributed by atoms with Gasteiger partial charge in [0.2, 0.25) is 7.59 Å². The van der Waals surface area contributed by atoms with Crippen molar-refractivity contribution in [2.45, 2.75) is 7.59 Å². The summed E-state index contributed by atoms with van der Waals surface area (Å²) >= 11 is 36.7. The lowest BCUT2D eigenvalue weighted by Crippen LogP contribution is -2.04. The van der Waals surface area contributed by atoms with Crippen LogP contribution < -0.4 is 9.47 Å². The summed E-state index contributed by atoms with van der Waals surface area (Å²) in [6, 6.07) is 10.4. The molecule has 5 nitrogen and oxygen atoms in total. The van der Waals surface area contributed by atoms with Crippen LogP contribution in [0.2, 0.25) is 0 Å². The van der Waals surface area contributed by atoms with Crippen molar-refractivity contribution in [2.75, 3.05) is 14.2 Å². The normalized spacial score (nSPS) is 12.5. The van der Waals surface area contributed by atoms with Crippen LogP contribution in [0, 0.1) is 0 Å². The summed E-state index contributed by atoms with van der Waals surface area (Å²) in [6.45, 7) is 0. The van der Waals surface area contributed by atoms with Crippen molar-refractivity contribution < 1.29 is 9.47 Å². The zero-order valence-corrected chi connectivity index (χ0v) is 22.3. The fraction of sp³-hybridized carbons (Fsp3) is 0.174. The number of nitrogens with zero attached hydrogens (tertiary/aromatic N) is 3. The zero-order valence-electron chi connectivity index (χ0n) is 17.8. The third-order valence-corrected chi connectivity index (χ3v) is 5.81. The summed E-state index contributed by atoms with van der Waals surface area (Å²) in [5, 5.41) is 0. The number of ether oxygens (including phenoxy) is 2. The van der Waals surface area contributed by atoms with E-state index < -0.39 is 7.59 Å². The highest BCUT2D eigenvalue weighted by atomic mass is 35.6. The maximum Gasteiger partial charge on any atom is 0.216 e. The first kappa shape index (κ1) is 26.9. The van der Waals surface area contributed by atoms with E-state index >= 15 is 0 Å². The Morgan fingerprint density at radius 1 is 0.647 bits per heavy atom. The van der Waals surface area contributed by atoms with Gasteiger partial charge in [-0.05, 0) is 36.4 Å². The van der Waals surface area contributed by atoms with Crippen molar-refractivity contribution in [1.82, 2.24) is 15.0 Å². The number of benzene rings is 2. The topological polar surface area (TPSA) is 57.1 Å². The van der Waals surface area contributed by atoms with Crippen molar-refractivity contribution in [1.29, 1.82) is 0 Å². The van der Waals surface area contributed by atoms with Gasteiger partial charge in [0.25, 0.3) is 0 Å². The number of halogens is 6. The molecule has 0 unspecified atom stereocenters. The minimum atomic E-state index is -1.64. The van der Waals surface area contributed by atoms with Gasteiger partial charge in [0, 0.05) is 22.3 Å². The fourth-order valence-corrected chi connectivity index (χ4v) is 4.07. The van der Waals surface area contributed by atoms with Gasteiger partial charge in [-0.25, -0.2) is 15.0 Å². The third kappa shape index (κ3) is 6.69. The van der Waals surface area contributed by atoms with E-state index in [0.717, 1.165) is 0 Å². The molecule has 0 aliphatic rings. The van der Waals surface area contributed by atoms with Crippen LogP contribution in [0.3, 0.4) is 0 Å². The standard InChI is InChI=1S/C23H17Cl6N3O2/c1-33-18-7-3-5-16(22(24,25)26)14(18)9-11-20-30-13-31-21(32-20)12-10-15-17(23(27,28)29)6-4-8-19(15)34-2/h3-13H,1-2H3/b11-9+,12-10+. The maximum atomic E-state index is 6.12. The monoisotopic (exact) mass is 577 g/mol. The molecule has 2 aromatic carbocycles. The van der Waals surface area contributed by atoms with Crippen molar-refractivity contribution in [3.63, 3.8) is 0 Å². The minimum Gasteiger partial charge on any atom is -0.496 e. The van der Waals surface area contributed by atoms with E-state index in [0.29, 0.717) is 45.4 Å². The molecule has 0 spiro atoms. The predicted octanol–water partition coefficient (Wildman–Crippen LogP) is 7.88. The molecule has 0 aliphatic carbocycles. The SMILES string of the molecule is COc1cccc(C(Cl)(Cl)Cl)c1/C=C/c1ncnc(/C=C/c2c(OC)cccc2C(Cl)(Cl)Cl)n1. The summed E-state index contributed by atoms with van der Waals surface area (Å²) in [5.74, 6) is 1.81. The highest BCUT2D eigenvalue weighted by Crippen LogP contribution is 2.44. The molecule has 0 radical (unpaired) electrons. The quantitative estimate of drug-likeness (QED) is 0.278. The lowest BCUT2D eigenvalue weighted by Gasteiger charge is -2.17. The van der Waals surface area contributed by atoms with Crippen LogP contribution in [-0.2, 0) is 7.59 Å². The maximum absolute atomic E-state index is 6.12. The molecular weight excluding hydrogens is 563 g/mol. The molecule has 0 N–H and O–H groups in total. The van der Waals surface area contributed by atoms with Gasteiger partial charge >= 0.3 is 0 Å². The molecule has 178 valence electrons. The molecule has 11 heteroatoms. The fourth-order valence-electron chi connectivity index (χ4n) is 3.08. The lowest BCUT2D eigenvalue weighted by molar-refractivity contribution is 0.413. The van der Waals surface area contributed by atoms with Crippen LogP contribution in [0.4, 0.5) is 0 Å². The summed E-state index contributed by atoms with van der Waals surface area (Å²) in [6.07, 6.45) is 8.11. The molecule has 0 bridgehead atoms. The summed E-state index contributed by atoms with van der Waals surface area (Å²) in [4.78, 5) is 12.8. The number of methoxy groups -OCH3 is 2. The van der Waals surface area contributed by atoms with Gasteiger partial charge in [-0.1, -0.05) is 93.9 Å². The number of rotatable bonds is 6. The molecule has 3 rings (SSSR count). The number of hydrogen-bond acceptors (Lipinski definition) is 5. The van der Waals surface area contributed by atoms with Gasteiger partial charge in [-0.15, -0.1) is 0 Å². The minimum absolute atomic E-state index is 0.373. The molecule has 1 aromatic heterocycles. The Morgan fingerprint density at radius 3 is 1.41 bits per heavy atom. The van der Waals surface area contributed by atoms with Crippen LogP contribution in [0.25, 0.3) is 24.3 Å². The lowest BCUT2D eigenvalue weighted by atomic mass is 10.1. The number of hydrogen-bond donors (Lipinski definition) is 0. The largest absolute Gasteiger partial charge is 0.496 e.